The highest BCUT2D eigenvalue weighted by molar-refractivity contribution is 5.69. The van der Waals surface area contributed by atoms with Gasteiger partial charge in [-0.1, -0.05) is 18.2 Å². The Morgan fingerprint density at radius 1 is 1.35 bits per heavy atom. The van der Waals surface area contributed by atoms with E-state index in [0.717, 1.165) is 5.56 Å². The van der Waals surface area contributed by atoms with E-state index in [4.69, 9.17) is 9.84 Å². The molecule has 1 aromatic rings. The smallest absolute Gasteiger partial charge is 0.317 e. The van der Waals surface area contributed by atoms with E-state index in [1.807, 2.05) is 0 Å². The number of halogens is 1. The quantitative estimate of drug-likeness (QED) is 0.467. The number of hydrogen-bond acceptors (Lipinski definition) is 4. The van der Waals surface area contributed by atoms with Crippen molar-refractivity contribution in [2.45, 2.75) is 12.6 Å². The summed E-state index contributed by atoms with van der Waals surface area (Å²) in [6, 6.07) is 7.03. The largest absolute Gasteiger partial charge is 0.490 e. The molecule has 0 aliphatic carbocycles. The number of carbonyl (C=O) groups is 1. The SMILES string of the molecule is O=C(O)CNC(O)Cc1ccc(OCC=CCF)cc1. The van der Waals surface area contributed by atoms with Crippen LogP contribution in [0.25, 0.3) is 0 Å². The third kappa shape index (κ3) is 6.86. The van der Waals surface area contributed by atoms with Crippen LogP contribution in [0.5, 0.6) is 5.75 Å². The minimum atomic E-state index is -1.02. The zero-order valence-electron chi connectivity index (χ0n) is 11.0. The van der Waals surface area contributed by atoms with Crippen molar-refractivity contribution >= 4 is 5.97 Å². The highest BCUT2D eigenvalue weighted by Gasteiger charge is 2.06. The molecule has 0 bridgehead atoms. The number of benzene rings is 1. The summed E-state index contributed by atoms with van der Waals surface area (Å²) in [6.45, 7) is -0.501. The molecule has 5 nitrogen and oxygen atoms in total. The molecule has 0 radical (unpaired) electrons. The Balaban J connectivity index is 2.37. The molecule has 0 spiro atoms. The van der Waals surface area contributed by atoms with Gasteiger partial charge in [-0.2, -0.15) is 0 Å². The standard InChI is InChI=1S/C14H18FNO4/c15-7-1-2-8-20-12-5-3-11(4-6-12)9-13(17)16-10-14(18)19/h1-6,13,16-17H,7-10H2,(H,18,19). The van der Waals surface area contributed by atoms with E-state index in [-0.39, 0.29) is 6.54 Å². The first-order valence-corrected chi connectivity index (χ1v) is 6.17. The van der Waals surface area contributed by atoms with E-state index >= 15 is 0 Å². The number of nitrogens with one attached hydrogen (secondary N) is 1. The average Bonchev–Trinajstić information content (AvgIpc) is 2.43. The Morgan fingerprint density at radius 3 is 2.65 bits per heavy atom. The fourth-order valence-corrected chi connectivity index (χ4v) is 1.50. The molecule has 0 saturated heterocycles. The molecule has 110 valence electrons. The molecular weight excluding hydrogens is 265 g/mol. The van der Waals surface area contributed by atoms with Gasteiger partial charge in [-0.3, -0.25) is 10.1 Å². The van der Waals surface area contributed by atoms with Crippen molar-refractivity contribution in [3.8, 4) is 5.75 Å². The van der Waals surface area contributed by atoms with Crippen LogP contribution in [0.2, 0.25) is 0 Å². The van der Waals surface area contributed by atoms with Gasteiger partial charge in [0.1, 0.15) is 25.3 Å². The van der Waals surface area contributed by atoms with Crippen molar-refractivity contribution in [3.63, 3.8) is 0 Å². The summed E-state index contributed by atoms with van der Waals surface area (Å²) in [6.07, 6.45) is 2.35. The maximum Gasteiger partial charge on any atom is 0.317 e. The zero-order chi connectivity index (χ0) is 14.8. The van der Waals surface area contributed by atoms with Crippen molar-refractivity contribution in [3.05, 3.63) is 42.0 Å². The Labute approximate surface area is 116 Å². The fraction of sp³-hybridized carbons (Fsp3) is 0.357. The van der Waals surface area contributed by atoms with Crippen LogP contribution >= 0.6 is 0 Å². The fourth-order valence-electron chi connectivity index (χ4n) is 1.50. The van der Waals surface area contributed by atoms with E-state index in [1.165, 1.54) is 6.08 Å². The maximum absolute atomic E-state index is 11.8. The number of carboxylic acids is 1. The summed E-state index contributed by atoms with van der Waals surface area (Å²) in [5.74, 6) is -0.376. The first kappa shape index (κ1) is 16.1. The lowest BCUT2D eigenvalue weighted by Gasteiger charge is -2.11. The highest BCUT2D eigenvalue weighted by Crippen LogP contribution is 2.13. The molecule has 0 heterocycles. The molecule has 0 aromatic heterocycles. The Bertz CT molecular complexity index is 433. The minimum Gasteiger partial charge on any atom is -0.490 e. The summed E-state index contributed by atoms with van der Waals surface area (Å²) in [4.78, 5) is 10.3. The first-order valence-electron chi connectivity index (χ1n) is 6.17. The number of aliphatic hydroxyl groups is 1. The molecule has 0 amide bonds. The van der Waals surface area contributed by atoms with Crippen LogP contribution in [0.3, 0.4) is 0 Å². The second kappa shape index (κ2) is 9.06. The van der Waals surface area contributed by atoms with Gasteiger partial charge in [0.2, 0.25) is 0 Å². The van der Waals surface area contributed by atoms with Gasteiger partial charge in [0.25, 0.3) is 0 Å². The van der Waals surface area contributed by atoms with Crippen LogP contribution in [-0.4, -0.2) is 42.2 Å². The molecule has 1 atom stereocenters. The first-order chi connectivity index (χ1) is 9.61. The summed E-state index contributed by atoms with van der Waals surface area (Å²) < 4.78 is 17.1. The van der Waals surface area contributed by atoms with Crippen molar-refractivity contribution in [1.82, 2.24) is 5.32 Å². The monoisotopic (exact) mass is 283 g/mol. The number of aliphatic hydroxyl groups excluding tert-OH is 1. The molecule has 0 saturated carbocycles. The van der Waals surface area contributed by atoms with E-state index in [1.54, 1.807) is 30.3 Å². The van der Waals surface area contributed by atoms with Gasteiger partial charge in [0.15, 0.2) is 0 Å². The predicted molar refractivity (Wildman–Crippen MR) is 72.4 cm³/mol. The molecule has 1 rings (SSSR count). The third-order valence-corrected chi connectivity index (χ3v) is 2.44. The lowest BCUT2D eigenvalue weighted by Crippen LogP contribution is -2.34. The third-order valence-electron chi connectivity index (χ3n) is 2.44. The van der Waals surface area contributed by atoms with Gasteiger partial charge >= 0.3 is 5.97 Å². The van der Waals surface area contributed by atoms with Crippen LogP contribution in [0.4, 0.5) is 4.39 Å². The second-order valence-electron chi connectivity index (χ2n) is 4.08. The lowest BCUT2D eigenvalue weighted by atomic mass is 10.1. The molecule has 1 aromatic carbocycles. The van der Waals surface area contributed by atoms with Crippen LogP contribution in [-0.2, 0) is 11.2 Å². The Hall–Kier alpha value is -1.92. The molecule has 0 fully saturated rings. The molecule has 3 N–H and O–H groups in total. The normalized spacial score (nSPS) is 12.5. The molecule has 6 heteroatoms. The van der Waals surface area contributed by atoms with Gasteiger partial charge in [-0.15, -0.1) is 0 Å². The lowest BCUT2D eigenvalue weighted by molar-refractivity contribution is -0.136. The van der Waals surface area contributed by atoms with Crippen molar-refractivity contribution < 1.29 is 24.1 Å². The molecule has 0 aliphatic rings. The molecule has 20 heavy (non-hydrogen) atoms. The van der Waals surface area contributed by atoms with Gasteiger partial charge in [-0.05, 0) is 23.8 Å². The highest BCUT2D eigenvalue weighted by atomic mass is 19.1. The summed E-state index contributed by atoms with van der Waals surface area (Å²) >= 11 is 0. The number of aliphatic carboxylic acids is 1. The number of carboxylic acid groups (broad SMARTS) is 1. The van der Waals surface area contributed by atoms with Gasteiger partial charge in [-0.25, -0.2) is 4.39 Å². The topological polar surface area (TPSA) is 78.8 Å². The number of rotatable bonds is 9. The van der Waals surface area contributed by atoms with Crippen LogP contribution in [0, 0.1) is 0 Å². The number of hydrogen-bond donors (Lipinski definition) is 3. The van der Waals surface area contributed by atoms with Gasteiger partial charge in [0.05, 0.1) is 6.54 Å². The van der Waals surface area contributed by atoms with Crippen LogP contribution in [0.1, 0.15) is 5.56 Å². The summed E-state index contributed by atoms with van der Waals surface area (Å²) in [5, 5.41) is 20.5. The van der Waals surface area contributed by atoms with Crippen LogP contribution < -0.4 is 10.1 Å². The summed E-state index contributed by atoms with van der Waals surface area (Å²) in [5.41, 5.74) is 0.849. The minimum absolute atomic E-state index is 0.288. The van der Waals surface area contributed by atoms with Crippen molar-refractivity contribution in [2.75, 3.05) is 19.8 Å². The van der Waals surface area contributed by atoms with E-state index in [9.17, 15) is 14.3 Å². The van der Waals surface area contributed by atoms with Crippen molar-refractivity contribution in [1.29, 1.82) is 0 Å². The average molecular weight is 283 g/mol. The summed E-state index contributed by atoms with van der Waals surface area (Å²) in [7, 11) is 0. The molecule has 1 unspecified atom stereocenters. The number of ether oxygens (including phenoxy) is 1. The van der Waals surface area contributed by atoms with Gasteiger partial charge < -0.3 is 14.9 Å². The van der Waals surface area contributed by atoms with E-state index in [2.05, 4.69) is 5.32 Å². The number of alkyl halides is 1. The second-order valence-corrected chi connectivity index (χ2v) is 4.08. The zero-order valence-corrected chi connectivity index (χ0v) is 11.0. The Morgan fingerprint density at radius 2 is 2.05 bits per heavy atom. The van der Waals surface area contributed by atoms with Crippen molar-refractivity contribution in [2.24, 2.45) is 0 Å². The Kier molecular flexibility index (Phi) is 7.31. The van der Waals surface area contributed by atoms with E-state index in [0.29, 0.717) is 18.8 Å². The van der Waals surface area contributed by atoms with E-state index < -0.39 is 18.9 Å². The molecule has 0 aliphatic heterocycles. The van der Waals surface area contributed by atoms with Gasteiger partial charge in [0, 0.05) is 6.42 Å². The van der Waals surface area contributed by atoms with Crippen LogP contribution in [0.15, 0.2) is 36.4 Å². The predicted octanol–water partition coefficient (Wildman–Crippen LogP) is 1.13. The maximum atomic E-state index is 11.8. The molecular formula is C14H18FNO4. The number of allylic oxidation sites excluding steroid dienone is 1.